The normalized spacial score (nSPS) is 11.2. The van der Waals surface area contributed by atoms with Crippen molar-refractivity contribution in [3.05, 3.63) is 11.4 Å². The molecule has 0 saturated heterocycles. The van der Waals surface area contributed by atoms with Gasteiger partial charge in [0.2, 0.25) is 0 Å². The van der Waals surface area contributed by atoms with Crippen LogP contribution in [0, 0.1) is 0 Å². The van der Waals surface area contributed by atoms with Crippen LogP contribution in [-0.4, -0.2) is 26.7 Å². The highest BCUT2D eigenvalue weighted by atomic mass is 16.3. The van der Waals surface area contributed by atoms with Crippen molar-refractivity contribution in [2.24, 2.45) is 5.73 Å². The summed E-state index contributed by atoms with van der Waals surface area (Å²) in [6, 6.07) is 0. The second-order valence-corrected chi connectivity index (χ2v) is 3.23. The second kappa shape index (κ2) is 4.34. The Hall–Kier alpha value is -0.940. The largest absolute Gasteiger partial charge is 0.394 e. The molecule has 0 aliphatic carbocycles. The molecule has 0 aromatic carbocycles. The van der Waals surface area contributed by atoms with E-state index in [1.807, 2.05) is 0 Å². The summed E-state index contributed by atoms with van der Waals surface area (Å²) in [6.45, 7) is 5.09. The Balaban J connectivity index is 2.99. The van der Waals surface area contributed by atoms with Crippen LogP contribution in [0.25, 0.3) is 0 Å². The van der Waals surface area contributed by atoms with E-state index in [9.17, 15) is 0 Å². The molecule has 5 heteroatoms. The fourth-order valence-electron chi connectivity index (χ4n) is 1.39. The Morgan fingerprint density at radius 3 is 2.69 bits per heavy atom. The van der Waals surface area contributed by atoms with Crippen LogP contribution in [0.5, 0.6) is 0 Å². The van der Waals surface area contributed by atoms with Gasteiger partial charge in [0, 0.05) is 6.54 Å². The number of aromatic nitrogens is 3. The van der Waals surface area contributed by atoms with Crippen LogP contribution in [0.2, 0.25) is 0 Å². The highest BCUT2D eigenvalue weighted by Crippen LogP contribution is 2.16. The van der Waals surface area contributed by atoms with Gasteiger partial charge in [-0.25, -0.2) is 4.68 Å². The molecular weight excluding hydrogens is 168 g/mol. The van der Waals surface area contributed by atoms with Crippen LogP contribution in [0.15, 0.2) is 0 Å². The SMILES string of the molecule is CC(C)c1c(CN)nnn1CCO. The lowest BCUT2D eigenvalue weighted by Crippen LogP contribution is -2.11. The molecular formula is C8H16N4O. The molecule has 0 unspecified atom stereocenters. The van der Waals surface area contributed by atoms with Crippen LogP contribution in [0.3, 0.4) is 0 Å². The number of hydrogen-bond donors (Lipinski definition) is 2. The van der Waals surface area contributed by atoms with Gasteiger partial charge in [0.1, 0.15) is 0 Å². The third kappa shape index (κ3) is 2.05. The molecule has 1 aromatic heterocycles. The van der Waals surface area contributed by atoms with Crippen molar-refractivity contribution in [1.82, 2.24) is 15.0 Å². The minimum absolute atomic E-state index is 0.0765. The van der Waals surface area contributed by atoms with Gasteiger partial charge in [0.15, 0.2) is 0 Å². The maximum absolute atomic E-state index is 8.79. The first-order valence-electron chi connectivity index (χ1n) is 4.43. The van der Waals surface area contributed by atoms with Crippen molar-refractivity contribution in [1.29, 1.82) is 0 Å². The number of rotatable bonds is 4. The molecule has 0 bridgehead atoms. The van der Waals surface area contributed by atoms with Crippen molar-refractivity contribution in [2.45, 2.75) is 32.9 Å². The molecule has 0 amide bonds. The summed E-state index contributed by atoms with van der Waals surface area (Å²) >= 11 is 0. The first-order valence-corrected chi connectivity index (χ1v) is 4.43. The summed E-state index contributed by atoms with van der Waals surface area (Å²) in [5, 5.41) is 16.7. The zero-order chi connectivity index (χ0) is 9.84. The van der Waals surface area contributed by atoms with E-state index < -0.39 is 0 Å². The summed E-state index contributed by atoms with van der Waals surface area (Å²) in [4.78, 5) is 0. The van der Waals surface area contributed by atoms with Gasteiger partial charge in [-0.1, -0.05) is 19.1 Å². The van der Waals surface area contributed by atoms with Gasteiger partial charge in [0.05, 0.1) is 24.5 Å². The standard InChI is InChI=1S/C8H16N4O/c1-6(2)8-7(5-9)10-11-12(8)3-4-13/h6,13H,3-5,9H2,1-2H3. The number of nitrogens with two attached hydrogens (primary N) is 1. The van der Waals surface area contributed by atoms with E-state index >= 15 is 0 Å². The van der Waals surface area contributed by atoms with Crippen molar-refractivity contribution < 1.29 is 5.11 Å². The molecule has 3 N–H and O–H groups in total. The quantitative estimate of drug-likeness (QED) is 0.682. The monoisotopic (exact) mass is 184 g/mol. The van der Waals surface area contributed by atoms with Crippen LogP contribution in [0.4, 0.5) is 0 Å². The van der Waals surface area contributed by atoms with Gasteiger partial charge in [-0.05, 0) is 5.92 Å². The average molecular weight is 184 g/mol. The molecule has 13 heavy (non-hydrogen) atoms. The van der Waals surface area contributed by atoms with Crippen LogP contribution in [-0.2, 0) is 13.1 Å². The molecule has 0 fully saturated rings. The van der Waals surface area contributed by atoms with E-state index in [0.717, 1.165) is 11.4 Å². The minimum Gasteiger partial charge on any atom is -0.394 e. The average Bonchev–Trinajstić information content (AvgIpc) is 2.48. The van der Waals surface area contributed by atoms with Crippen molar-refractivity contribution in [3.8, 4) is 0 Å². The van der Waals surface area contributed by atoms with E-state index in [0.29, 0.717) is 19.0 Å². The van der Waals surface area contributed by atoms with E-state index in [1.165, 1.54) is 0 Å². The molecule has 5 nitrogen and oxygen atoms in total. The fraction of sp³-hybridized carbons (Fsp3) is 0.750. The summed E-state index contributed by atoms with van der Waals surface area (Å²) in [7, 11) is 0. The van der Waals surface area contributed by atoms with Crippen molar-refractivity contribution >= 4 is 0 Å². The number of aliphatic hydroxyl groups is 1. The van der Waals surface area contributed by atoms with Crippen LogP contribution >= 0.6 is 0 Å². The maximum atomic E-state index is 8.79. The van der Waals surface area contributed by atoms with Gasteiger partial charge >= 0.3 is 0 Å². The lowest BCUT2D eigenvalue weighted by Gasteiger charge is -2.08. The van der Waals surface area contributed by atoms with Gasteiger partial charge in [-0.2, -0.15) is 0 Å². The van der Waals surface area contributed by atoms with Gasteiger partial charge in [-0.15, -0.1) is 5.10 Å². The molecule has 74 valence electrons. The first-order chi connectivity index (χ1) is 6.20. The predicted octanol–water partition coefficient (Wildman–Crippen LogP) is -0.148. The Labute approximate surface area is 77.6 Å². The summed E-state index contributed by atoms with van der Waals surface area (Å²) in [5.41, 5.74) is 7.37. The molecule has 1 aromatic rings. The van der Waals surface area contributed by atoms with Crippen LogP contribution in [0.1, 0.15) is 31.2 Å². The van der Waals surface area contributed by atoms with E-state index in [-0.39, 0.29) is 6.61 Å². The molecule has 1 heterocycles. The van der Waals surface area contributed by atoms with Crippen molar-refractivity contribution in [2.75, 3.05) is 6.61 Å². The zero-order valence-corrected chi connectivity index (χ0v) is 8.06. The second-order valence-electron chi connectivity index (χ2n) is 3.23. The van der Waals surface area contributed by atoms with Crippen molar-refractivity contribution in [3.63, 3.8) is 0 Å². The topological polar surface area (TPSA) is 77.0 Å². The fourth-order valence-corrected chi connectivity index (χ4v) is 1.39. The van der Waals surface area contributed by atoms with E-state index in [1.54, 1.807) is 4.68 Å². The molecule has 0 spiro atoms. The summed E-state index contributed by atoms with van der Waals surface area (Å²) < 4.78 is 1.72. The third-order valence-electron chi connectivity index (χ3n) is 1.90. The Kier molecular flexibility index (Phi) is 3.39. The zero-order valence-electron chi connectivity index (χ0n) is 8.06. The third-order valence-corrected chi connectivity index (χ3v) is 1.90. The number of aliphatic hydroxyl groups excluding tert-OH is 1. The molecule has 0 saturated carbocycles. The minimum atomic E-state index is 0.0765. The molecule has 0 aliphatic rings. The number of nitrogens with zero attached hydrogens (tertiary/aromatic N) is 3. The predicted molar refractivity (Wildman–Crippen MR) is 49.1 cm³/mol. The summed E-state index contributed by atoms with van der Waals surface area (Å²) in [5.74, 6) is 0.333. The highest BCUT2D eigenvalue weighted by molar-refractivity contribution is 5.13. The lowest BCUT2D eigenvalue weighted by atomic mass is 10.1. The number of hydrogen-bond acceptors (Lipinski definition) is 4. The molecule has 1 rings (SSSR count). The van der Waals surface area contributed by atoms with Crippen LogP contribution < -0.4 is 5.73 Å². The Morgan fingerprint density at radius 2 is 2.23 bits per heavy atom. The van der Waals surface area contributed by atoms with E-state index in [4.69, 9.17) is 10.8 Å². The molecule has 0 radical (unpaired) electrons. The van der Waals surface area contributed by atoms with E-state index in [2.05, 4.69) is 24.2 Å². The first kappa shape index (κ1) is 10.1. The van der Waals surface area contributed by atoms with Gasteiger partial charge in [-0.3, -0.25) is 0 Å². The molecule has 0 atom stereocenters. The lowest BCUT2D eigenvalue weighted by molar-refractivity contribution is 0.265. The Bertz CT molecular complexity index is 269. The molecule has 0 aliphatic heterocycles. The Morgan fingerprint density at radius 1 is 1.54 bits per heavy atom. The summed E-state index contributed by atoms with van der Waals surface area (Å²) in [6.07, 6.45) is 0. The van der Waals surface area contributed by atoms with Gasteiger partial charge in [0.25, 0.3) is 0 Å². The smallest absolute Gasteiger partial charge is 0.0997 e. The van der Waals surface area contributed by atoms with Gasteiger partial charge < -0.3 is 10.8 Å². The maximum Gasteiger partial charge on any atom is 0.0997 e. The highest BCUT2D eigenvalue weighted by Gasteiger charge is 2.13.